The summed E-state index contributed by atoms with van der Waals surface area (Å²) < 4.78 is 7.23. The predicted molar refractivity (Wildman–Crippen MR) is 131 cm³/mol. The molecule has 3 heteroatoms. The van der Waals surface area contributed by atoms with E-state index in [1.807, 2.05) is 12.1 Å². The van der Waals surface area contributed by atoms with Gasteiger partial charge >= 0.3 is 0 Å². The van der Waals surface area contributed by atoms with E-state index in [2.05, 4.69) is 109 Å². The van der Waals surface area contributed by atoms with Crippen molar-refractivity contribution in [2.45, 2.75) is 28.5 Å². The quantitative estimate of drug-likeness (QED) is 0.191. The summed E-state index contributed by atoms with van der Waals surface area (Å²) in [5, 5.41) is 0. The number of halogens is 1. The molecule has 1 aliphatic heterocycles. The average molecular weight is 508 g/mol. The molecule has 1 nitrogen and oxygen atoms in total. The Morgan fingerprint density at radius 1 is 0.621 bits per heavy atom. The maximum Gasteiger partial charge on any atom is 0.127 e. The molecule has 0 unspecified atom stereocenters. The van der Waals surface area contributed by atoms with Gasteiger partial charge in [-0.25, -0.2) is 0 Å². The third kappa shape index (κ3) is 3.58. The molecule has 29 heavy (non-hydrogen) atoms. The first-order valence-electron chi connectivity index (χ1n) is 9.64. The zero-order valence-corrected chi connectivity index (χ0v) is 19.4. The second kappa shape index (κ2) is 7.54. The average Bonchev–Trinajstić information content (AvgIpc) is 3.03. The molecule has 4 aromatic rings. The van der Waals surface area contributed by atoms with Crippen LogP contribution in [0.5, 0.6) is 11.5 Å². The third-order valence-corrected chi connectivity index (χ3v) is 8.50. The molecule has 144 valence electrons. The van der Waals surface area contributed by atoms with Gasteiger partial charge < -0.3 is 4.74 Å². The number of ether oxygens (including phenoxy) is 1. The van der Waals surface area contributed by atoms with Crippen molar-refractivity contribution in [2.75, 3.05) is 0 Å². The summed E-state index contributed by atoms with van der Waals surface area (Å²) in [6.07, 6.45) is 0. The van der Waals surface area contributed by atoms with E-state index in [1.54, 1.807) is 0 Å². The largest absolute Gasteiger partial charge is 0.457 e. The van der Waals surface area contributed by atoms with E-state index in [4.69, 9.17) is 4.74 Å². The standard InChI is InChI=1S/C26H21IOS/c1-17-3-13-25-23(15-17)24-16-18(2)4-14-26(24)29(25)22-11-9-21(10-12-22)28-20-7-5-19(27)6-8-20/h3-16,29H,1-2H3. The maximum atomic E-state index is 6.03. The minimum Gasteiger partial charge on any atom is -0.457 e. The van der Waals surface area contributed by atoms with Crippen molar-refractivity contribution in [2.24, 2.45) is 0 Å². The molecule has 0 atom stereocenters. The Hall–Kier alpha value is -2.24. The fraction of sp³-hybridized carbons (Fsp3) is 0.0769. The van der Waals surface area contributed by atoms with Gasteiger partial charge in [0.05, 0.1) is 0 Å². The van der Waals surface area contributed by atoms with Gasteiger partial charge in [-0.1, -0.05) is 35.4 Å². The first-order chi connectivity index (χ1) is 14.1. The van der Waals surface area contributed by atoms with Crippen LogP contribution < -0.4 is 4.74 Å². The van der Waals surface area contributed by atoms with Crippen LogP contribution in [-0.4, -0.2) is 0 Å². The number of benzene rings is 4. The first kappa shape index (κ1) is 18.8. The Balaban J connectivity index is 1.52. The fourth-order valence-corrected chi connectivity index (χ4v) is 6.75. The first-order valence-corrected chi connectivity index (χ1v) is 12.1. The lowest BCUT2D eigenvalue weighted by Gasteiger charge is -2.19. The van der Waals surface area contributed by atoms with E-state index >= 15 is 0 Å². The normalized spacial score (nSPS) is 13.1. The summed E-state index contributed by atoms with van der Waals surface area (Å²) in [6.45, 7) is 4.35. The van der Waals surface area contributed by atoms with Gasteiger partial charge in [-0.15, -0.1) is 0 Å². The minimum atomic E-state index is -0.529. The highest BCUT2D eigenvalue weighted by Gasteiger charge is 2.27. The molecule has 1 heterocycles. The molecule has 0 amide bonds. The number of aryl methyl sites for hydroxylation is 2. The number of rotatable bonds is 3. The topological polar surface area (TPSA) is 9.23 Å². The van der Waals surface area contributed by atoms with E-state index in [-0.39, 0.29) is 0 Å². The number of thiol groups is 1. The Morgan fingerprint density at radius 2 is 1.10 bits per heavy atom. The van der Waals surface area contributed by atoms with Crippen LogP contribution in [0.15, 0.2) is 99.6 Å². The molecule has 0 saturated heterocycles. The maximum absolute atomic E-state index is 6.03. The lowest BCUT2D eigenvalue weighted by atomic mass is 10.0. The molecule has 0 aliphatic carbocycles. The molecular weight excluding hydrogens is 487 g/mol. The highest BCUT2D eigenvalue weighted by atomic mass is 127. The van der Waals surface area contributed by atoms with Gasteiger partial charge in [-0.3, -0.25) is 0 Å². The second-order valence-electron chi connectivity index (χ2n) is 7.43. The summed E-state index contributed by atoms with van der Waals surface area (Å²) in [5.41, 5.74) is 5.42. The van der Waals surface area contributed by atoms with E-state index in [0.717, 1.165) is 11.5 Å². The molecule has 4 aromatic carbocycles. The van der Waals surface area contributed by atoms with Crippen LogP contribution in [-0.2, 0) is 0 Å². The molecule has 5 rings (SSSR count). The van der Waals surface area contributed by atoms with Gasteiger partial charge in [-0.05, 0) is 113 Å². The van der Waals surface area contributed by atoms with E-state index < -0.39 is 10.9 Å². The monoisotopic (exact) mass is 508 g/mol. The van der Waals surface area contributed by atoms with Crippen molar-refractivity contribution in [3.8, 4) is 22.6 Å². The predicted octanol–water partition coefficient (Wildman–Crippen LogP) is 8.16. The molecule has 0 spiro atoms. The van der Waals surface area contributed by atoms with Crippen LogP contribution in [0, 0.1) is 17.4 Å². The van der Waals surface area contributed by atoms with Crippen molar-refractivity contribution in [3.63, 3.8) is 0 Å². The van der Waals surface area contributed by atoms with Crippen LogP contribution in [0.4, 0.5) is 0 Å². The van der Waals surface area contributed by atoms with Crippen LogP contribution in [0.2, 0.25) is 0 Å². The van der Waals surface area contributed by atoms with Gasteiger partial charge in [0.25, 0.3) is 0 Å². The summed E-state index contributed by atoms with van der Waals surface area (Å²) in [5.74, 6) is 1.74. The van der Waals surface area contributed by atoms with Gasteiger partial charge in [-0.2, -0.15) is 10.9 Å². The fourth-order valence-electron chi connectivity index (χ4n) is 3.83. The molecule has 1 aliphatic rings. The van der Waals surface area contributed by atoms with Gasteiger partial charge in [0.2, 0.25) is 0 Å². The van der Waals surface area contributed by atoms with Gasteiger partial charge in [0.15, 0.2) is 0 Å². The SMILES string of the molecule is Cc1ccc2c(c1)-c1cc(C)ccc1[SH]2c1ccc(Oc2ccc(I)cc2)cc1. The molecular formula is C26H21IOS. The smallest absolute Gasteiger partial charge is 0.127 e. The summed E-state index contributed by atoms with van der Waals surface area (Å²) >= 11 is 2.30. The zero-order valence-electron chi connectivity index (χ0n) is 16.3. The minimum absolute atomic E-state index is 0.529. The van der Waals surface area contributed by atoms with E-state index in [0.29, 0.717) is 0 Å². The number of fused-ring (bicyclic) bond motifs is 3. The summed E-state index contributed by atoms with van der Waals surface area (Å²) in [4.78, 5) is 4.28. The number of hydrogen-bond acceptors (Lipinski definition) is 1. The highest BCUT2D eigenvalue weighted by molar-refractivity contribution is 14.1. The van der Waals surface area contributed by atoms with Crippen LogP contribution in [0.3, 0.4) is 0 Å². The van der Waals surface area contributed by atoms with Gasteiger partial charge in [0.1, 0.15) is 11.5 Å². The summed E-state index contributed by atoms with van der Waals surface area (Å²) in [7, 11) is -0.529. The molecule has 0 bridgehead atoms. The Morgan fingerprint density at radius 3 is 1.62 bits per heavy atom. The van der Waals surface area contributed by atoms with E-state index in [9.17, 15) is 0 Å². The molecule has 0 N–H and O–H groups in total. The van der Waals surface area contributed by atoms with Crippen molar-refractivity contribution in [1.29, 1.82) is 0 Å². The highest BCUT2D eigenvalue weighted by Crippen LogP contribution is 2.62. The van der Waals surface area contributed by atoms with Gasteiger partial charge in [0, 0.05) is 13.4 Å². The summed E-state index contributed by atoms with van der Waals surface area (Å²) in [6, 6.07) is 30.6. The molecule has 0 fully saturated rings. The lowest BCUT2D eigenvalue weighted by Crippen LogP contribution is -1.87. The number of hydrogen-bond donors (Lipinski definition) is 1. The molecule has 0 aromatic heterocycles. The lowest BCUT2D eigenvalue weighted by molar-refractivity contribution is 0.482. The van der Waals surface area contributed by atoms with Crippen molar-refractivity contribution < 1.29 is 4.74 Å². The van der Waals surface area contributed by atoms with E-state index in [1.165, 1.54) is 40.5 Å². The molecule has 0 saturated carbocycles. The van der Waals surface area contributed by atoms with Crippen LogP contribution >= 0.6 is 33.5 Å². The third-order valence-electron chi connectivity index (χ3n) is 5.22. The Kier molecular flexibility index (Phi) is 4.88. The van der Waals surface area contributed by atoms with Crippen LogP contribution in [0.1, 0.15) is 11.1 Å². The second-order valence-corrected chi connectivity index (χ2v) is 10.8. The van der Waals surface area contributed by atoms with Crippen molar-refractivity contribution in [3.05, 3.63) is 99.6 Å². The zero-order chi connectivity index (χ0) is 20.0. The molecule has 0 radical (unpaired) electrons. The van der Waals surface area contributed by atoms with Crippen LogP contribution in [0.25, 0.3) is 11.1 Å². The van der Waals surface area contributed by atoms with Crippen molar-refractivity contribution >= 4 is 33.5 Å². The Labute approximate surface area is 188 Å². The van der Waals surface area contributed by atoms with Crippen molar-refractivity contribution in [1.82, 2.24) is 0 Å². The Bertz CT molecular complexity index is 1150.